The van der Waals surface area contributed by atoms with Gasteiger partial charge in [-0.05, 0) is 67.5 Å². The average Bonchev–Trinajstić information content (AvgIpc) is 2.67. The van der Waals surface area contributed by atoms with E-state index in [0.717, 1.165) is 12.0 Å². The predicted molar refractivity (Wildman–Crippen MR) is 119 cm³/mol. The molecule has 0 aliphatic rings. The van der Waals surface area contributed by atoms with Gasteiger partial charge in [0.15, 0.2) is 5.11 Å². The van der Waals surface area contributed by atoms with Gasteiger partial charge in [0.05, 0.1) is 0 Å². The highest BCUT2D eigenvalue weighted by Crippen LogP contribution is 2.16. The first-order valence-corrected chi connectivity index (χ1v) is 9.63. The Kier molecular flexibility index (Phi) is 8.17. The number of amides is 2. The number of rotatable bonds is 6. The van der Waals surface area contributed by atoms with Crippen molar-refractivity contribution < 1.29 is 9.59 Å². The van der Waals surface area contributed by atoms with Crippen LogP contribution in [0.2, 0.25) is 5.02 Å². The van der Waals surface area contributed by atoms with Crippen molar-refractivity contribution in [3.8, 4) is 0 Å². The van der Waals surface area contributed by atoms with Crippen LogP contribution < -0.4 is 16.0 Å². The third-order valence-electron chi connectivity index (χ3n) is 3.95. The second-order valence-electron chi connectivity index (χ2n) is 6.16. The summed E-state index contributed by atoms with van der Waals surface area (Å²) >= 11 is 11.2. The fourth-order valence-corrected chi connectivity index (χ4v) is 2.62. The summed E-state index contributed by atoms with van der Waals surface area (Å²) in [4.78, 5) is 24.1. The maximum absolute atomic E-state index is 12.1. The molecule has 0 saturated heterocycles. The Morgan fingerprint density at radius 2 is 1.82 bits per heavy atom. The van der Waals surface area contributed by atoms with Crippen LogP contribution in [0.25, 0.3) is 6.08 Å². The second-order valence-corrected chi connectivity index (χ2v) is 6.97. The topological polar surface area (TPSA) is 70.2 Å². The molecule has 0 aliphatic heterocycles. The lowest BCUT2D eigenvalue weighted by molar-refractivity contribution is -0.115. The number of anilines is 1. The molecule has 0 heterocycles. The van der Waals surface area contributed by atoms with Crippen molar-refractivity contribution in [3.05, 3.63) is 70.8 Å². The van der Waals surface area contributed by atoms with Gasteiger partial charge in [-0.1, -0.05) is 36.7 Å². The minimum Gasteiger partial charge on any atom is -0.350 e. The average molecular weight is 416 g/mol. The predicted octanol–water partition coefficient (Wildman–Crippen LogP) is 4.39. The minimum absolute atomic E-state index is 0.118. The largest absolute Gasteiger partial charge is 0.350 e. The van der Waals surface area contributed by atoms with Gasteiger partial charge in [-0.3, -0.25) is 14.9 Å². The van der Waals surface area contributed by atoms with Crippen LogP contribution in [0.4, 0.5) is 5.69 Å². The number of carbonyl (C=O) groups is 2. The van der Waals surface area contributed by atoms with E-state index in [-0.39, 0.29) is 23.0 Å². The van der Waals surface area contributed by atoms with E-state index in [2.05, 4.69) is 16.0 Å². The van der Waals surface area contributed by atoms with Gasteiger partial charge in [-0.15, -0.1) is 0 Å². The van der Waals surface area contributed by atoms with Crippen molar-refractivity contribution in [3.63, 3.8) is 0 Å². The molecule has 0 aliphatic carbocycles. The number of thiocarbonyl (C=S) groups is 1. The standard InChI is InChI=1S/C21H22ClN3O2S/c1-3-14(2)23-20(27)16-8-11-17(12-9-16)24-21(28)25-19(26)13-10-15-6-4-5-7-18(15)22/h4-14H,3H2,1-2H3,(H,23,27)(H2,24,25,26,28)/b13-10+. The molecule has 0 saturated carbocycles. The van der Waals surface area contributed by atoms with Crippen molar-refractivity contribution in [1.29, 1.82) is 0 Å². The van der Waals surface area contributed by atoms with Crippen LogP contribution >= 0.6 is 23.8 Å². The Labute approximate surface area is 175 Å². The van der Waals surface area contributed by atoms with Crippen LogP contribution in [-0.2, 0) is 4.79 Å². The number of carbonyl (C=O) groups excluding carboxylic acids is 2. The molecule has 0 radical (unpaired) electrons. The molecule has 0 fully saturated rings. The molecule has 1 atom stereocenters. The summed E-state index contributed by atoms with van der Waals surface area (Å²) in [5, 5.41) is 9.09. The lowest BCUT2D eigenvalue weighted by Gasteiger charge is -2.12. The zero-order valence-electron chi connectivity index (χ0n) is 15.7. The van der Waals surface area contributed by atoms with Crippen molar-refractivity contribution >= 4 is 52.5 Å². The minimum atomic E-state index is -0.373. The molecule has 2 aromatic carbocycles. The highest BCUT2D eigenvalue weighted by atomic mass is 35.5. The third-order valence-corrected chi connectivity index (χ3v) is 4.50. The molecule has 5 nitrogen and oxygen atoms in total. The van der Waals surface area contributed by atoms with Gasteiger partial charge in [0.25, 0.3) is 5.91 Å². The molecule has 0 bridgehead atoms. The Morgan fingerprint density at radius 1 is 1.14 bits per heavy atom. The van der Waals surface area contributed by atoms with Gasteiger partial charge < -0.3 is 10.6 Å². The molecule has 146 valence electrons. The fourth-order valence-electron chi connectivity index (χ4n) is 2.21. The molecular formula is C21H22ClN3O2S. The first kappa shape index (κ1) is 21.6. The number of hydrogen-bond donors (Lipinski definition) is 3. The van der Waals surface area contributed by atoms with Crippen LogP contribution in [0.5, 0.6) is 0 Å². The fraction of sp³-hybridized carbons (Fsp3) is 0.190. The molecule has 0 spiro atoms. The Morgan fingerprint density at radius 3 is 2.46 bits per heavy atom. The van der Waals surface area contributed by atoms with E-state index in [4.69, 9.17) is 23.8 Å². The lowest BCUT2D eigenvalue weighted by atomic mass is 10.1. The van der Waals surface area contributed by atoms with Gasteiger partial charge in [0.2, 0.25) is 5.91 Å². The molecule has 2 rings (SSSR count). The van der Waals surface area contributed by atoms with E-state index in [1.807, 2.05) is 32.0 Å². The summed E-state index contributed by atoms with van der Waals surface area (Å²) < 4.78 is 0. The van der Waals surface area contributed by atoms with Crippen LogP contribution in [0.15, 0.2) is 54.6 Å². The Balaban J connectivity index is 1.88. The maximum Gasteiger partial charge on any atom is 0.251 e. The zero-order valence-corrected chi connectivity index (χ0v) is 17.2. The van der Waals surface area contributed by atoms with Gasteiger partial charge in [0, 0.05) is 28.4 Å². The van der Waals surface area contributed by atoms with E-state index in [0.29, 0.717) is 16.3 Å². The lowest BCUT2D eigenvalue weighted by Crippen LogP contribution is -2.33. The van der Waals surface area contributed by atoms with Gasteiger partial charge >= 0.3 is 0 Å². The molecule has 0 aromatic heterocycles. The van der Waals surface area contributed by atoms with E-state index in [9.17, 15) is 9.59 Å². The van der Waals surface area contributed by atoms with Crippen molar-refractivity contribution in [1.82, 2.24) is 10.6 Å². The maximum atomic E-state index is 12.1. The molecule has 3 N–H and O–H groups in total. The van der Waals surface area contributed by atoms with Crippen LogP contribution in [0.3, 0.4) is 0 Å². The highest BCUT2D eigenvalue weighted by Gasteiger charge is 2.09. The van der Waals surface area contributed by atoms with Gasteiger partial charge in [-0.25, -0.2) is 0 Å². The summed E-state index contributed by atoms with van der Waals surface area (Å²) in [5.41, 5.74) is 1.97. The van der Waals surface area contributed by atoms with Crippen molar-refractivity contribution in [2.45, 2.75) is 26.3 Å². The number of halogens is 1. The highest BCUT2D eigenvalue weighted by molar-refractivity contribution is 7.80. The van der Waals surface area contributed by atoms with Crippen LogP contribution in [0, 0.1) is 0 Å². The van der Waals surface area contributed by atoms with Crippen LogP contribution in [0.1, 0.15) is 36.2 Å². The van der Waals surface area contributed by atoms with Crippen LogP contribution in [-0.4, -0.2) is 23.0 Å². The third kappa shape index (κ3) is 6.79. The summed E-state index contributed by atoms with van der Waals surface area (Å²) in [6, 6.07) is 14.2. The number of hydrogen-bond acceptors (Lipinski definition) is 3. The molecule has 2 aromatic rings. The van der Waals surface area contributed by atoms with Gasteiger partial charge in [-0.2, -0.15) is 0 Å². The summed E-state index contributed by atoms with van der Waals surface area (Å²) in [7, 11) is 0. The van der Waals surface area contributed by atoms with Crippen molar-refractivity contribution in [2.24, 2.45) is 0 Å². The normalized spacial score (nSPS) is 11.7. The summed E-state index contributed by atoms with van der Waals surface area (Å²) in [6.45, 7) is 3.96. The first-order valence-electron chi connectivity index (χ1n) is 8.84. The Bertz CT molecular complexity index is 881. The van der Waals surface area contributed by atoms with E-state index in [1.54, 1.807) is 36.4 Å². The smallest absolute Gasteiger partial charge is 0.251 e. The summed E-state index contributed by atoms with van der Waals surface area (Å²) in [5.74, 6) is -0.497. The van der Waals surface area contributed by atoms with E-state index < -0.39 is 0 Å². The molecular weight excluding hydrogens is 394 g/mol. The molecule has 28 heavy (non-hydrogen) atoms. The molecule has 1 unspecified atom stereocenters. The Hall–Kier alpha value is -2.70. The quantitative estimate of drug-likeness (QED) is 0.483. The molecule has 7 heteroatoms. The van der Waals surface area contributed by atoms with Crippen molar-refractivity contribution in [2.75, 3.05) is 5.32 Å². The first-order chi connectivity index (χ1) is 13.4. The van der Waals surface area contributed by atoms with E-state index >= 15 is 0 Å². The zero-order chi connectivity index (χ0) is 20.5. The summed E-state index contributed by atoms with van der Waals surface area (Å²) in [6.07, 6.45) is 3.84. The second kappa shape index (κ2) is 10.6. The number of benzene rings is 2. The van der Waals surface area contributed by atoms with Gasteiger partial charge in [0.1, 0.15) is 0 Å². The molecule has 2 amide bonds. The monoisotopic (exact) mass is 415 g/mol. The number of nitrogens with one attached hydrogen (secondary N) is 3. The SMILES string of the molecule is CCC(C)NC(=O)c1ccc(NC(=S)NC(=O)/C=C/c2ccccc2Cl)cc1. The van der Waals surface area contributed by atoms with E-state index in [1.165, 1.54) is 6.08 Å².